The molecule has 22 heavy (non-hydrogen) atoms. The monoisotopic (exact) mass is 304 g/mol. The van der Waals surface area contributed by atoms with Gasteiger partial charge in [0, 0.05) is 19.1 Å². The SMILES string of the molecule is CC1CC(NCc2ccc(CNC(=O)OC(C)(C)C)cc2)C1. The summed E-state index contributed by atoms with van der Waals surface area (Å²) in [6, 6.07) is 9.02. The van der Waals surface area contributed by atoms with Crippen LogP contribution in [0.3, 0.4) is 0 Å². The fourth-order valence-electron chi connectivity index (χ4n) is 2.59. The van der Waals surface area contributed by atoms with E-state index >= 15 is 0 Å². The van der Waals surface area contributed by atoms with Gasteiger partial charge < -0.3 is 15.4 Å². The Morgan fingerprint density at radius 2 is 1.68 bits per heavy atom. The van der Waals surface area contributed by atoms with Crippen LogP contribution < -0.4 is 10.6 Å². The smallest absolute Gasteiger partial charge is 0.407 e. The summed E-state index contributed by atoms with van der Waals surface area (Å²) >= 11 is 0. The molecule has 1 amide bonds. The number of benzene rings is 1. The average molecular weight is 304 g/mol. The second-order valence-electron chi connectivity index (χ2n) is 7.33. The van der Waals surface area contributed by atoms with E-state index < -0.39 is 5.60 Å². The minimum Gasteiger partial charge on any atom is -0.444 e. The summed E-state index contributed by atoms with van der Waals surface area (Å²) in [4.78, 5) is 11.6. The third-order valence-corrected chi connectivity index (χ3v) is 3.83. The van der Waals surface area contributed by atoms with Crippen LogP contribution in [0, 0.1) is 5.92 Å². The molecule has 0 atom stereocenters. The third-order valence-electron chi connectivity index (χ3n) is 3.83. The zero-order valence-corrected chi connectivity index (χ0v) is 14.1. The lowest BCUT2D eigenvalue weighted by molar-refractivity contribution is 0.0523. The van der Waals surface area contributed by atoms with Gasteiger partial charge in [-0.15, -0.1) is 0 Å². The molecule has 2 rings (SSSR count). The molecular formula is C18H28N2O2. The Morgan fingerprint density at radius 3 is 2.18 bits per heavy atom. The highest BCUT2D eigenvalue weighted by atomic mass is 16.6. The fourth-order valence-corrected chi connectivity index (χ4v) is 2.59. The number of amides is 1. The van der Waals surface area contributed by atoms with Crippen molar-refractivity contribution >= 4 is 6.09 Å². The van der Waals surface area contributed by atoms with E-state index in [9.17, 15) is 4.79 Å². The molecule has 122 valence electrons. The van der Waals surface area contributed by atoms with Crippen LogP contribution in [0.2, 0.25) is 0 Å². The van der Waals surface area contributed by atoms with Crippen LogP contribution in [0.15, 0.2) is 24.3 Å². The molecule has 0 unspecified atom stereocenters. The summed E-state index contributed by atoms with van der Waals surface area (Å²) in [6.45, 7) is 9.27. The predicted molar refractivity (Wildman–Crippen MR) is 88.5 cm³/mol. The molecule has 0 saturated heterocycles. The lowest BCUT2D eigenvalue weighted by atomic mass is 9.82. The van der Waals surface area contributed by atoms with Crippen molar-refractivity contribution in [3.8, 4) is 0 Å². The molecule has 1 fully saturated rings. The van der Waals surface area contributed by atoms with Crippen molar-refractivity contribution in [2.24, 2.45) is 5.92 Å². The highest BCUT2D eigenvalue weighted by Crippen LogP contribution is 2.26. The van der Waals surface area contributed by atoms with Crippen molar-refractivity contribution in [2.75, 3.05) is 0 Å². The Hall–Kier alpha value is -1.55. The van der Waals surface area contributed by atoms with Gasteiger partial charge in [0.25, 0.3) is 0 Å². The van der Waals surface area contributed by atoms with Crippen molar-refractivity contribution in [1.29, 1.82) is 0 Å². The van der Waals surface area contributed by atoms with Crippen molar-refractivity contribution in [3.05, 3.63) is 35.4 Å². The van der Waals surface area contributed by atoms with Gasteiger partial charge in [-0.25, -0.2) is 4.79 Å². The van der Waals surface area contributed by atoms with Crippen LogP contribution >= 0.6 is 0 Å². The lowest BCUT2D eigenvalue weighted by Gasteiger charge is -2.33. The van der Waals surface area contributed by atoms with E-state index in [-0.39, 0.29) is 6.09 Å². The number of hydrogen-bond donors (Lipinski definition) is 2. The second-order valence-corrected chi connectivity index (χ2v) is 7.33. The van der Waals surface area contributed by atoms with Gasteiger partial charge in [-0.1, -0.05) is 31.2 Å². The minimum absolute atomic E-state index is 0.377. The number of alkyl carbamates (subject to hydrolysis) is 1. The molecule has 4 nitrogen and oxygen atoms in total. The highest BCUT2D eigenvalue weighted by Gasteiger charge is 2.24. The molecular weight excluding hydrogens is 276 g/mol. The zero-order chi connectivity index (χ0) is 16.2. The van der Waals surface area contributed by atoms with Gasteiger partial charge in [0.2, 0.25) is 0 Å². The van der Waals surface area contributed by atoms with E-state index in [1.54, 1.807) is 0 Å². The number of nitrogens with one attached hydrogen (secondary N) is 2. The van der Waals surface area contributed by atoms with Gasteiger partial charge in [-0.05, 0) is 50.7 Å². The summed E-state index contributed by atoms with van der Waals surface area (Å²) in [6.07, 6.45) is 2.20. The van der Waals surface area contributed by atoms with E-state index in [1.807, 2.05) is 20.8 Å². The first-order chi connectivity index (χ1) is 10.3. The van der Waals surface area contributed by atoms with E-state index in [2.05, 4.69) is 41.8 Å². The fraction of sp³-hybridized carbons (Fsp3) is 0.611. The first-order valence-corrected chi connectivity index (χ1v) is 8.10. The van der Waals surface area contributed by atoms with Crippen LogP contribution in [-0.4, -0.2) is 17.7 Å². The van der Waals surface area contributed by atoms with E-state index in [1.165, 1.54) is 18.4 Å². The maximum atomic E-state index is 11.6. The Kier molecular flexibility index (Phi) is 5.46. The van der Waals surface area contributed by atoms with Crippen molar-refractivity contribution in [3.63, 3.8) is 0 Å². The molecule has 2 N–H and O–H groups in total. The van der Waals surface area contributed by atoms with Crippen molar-refractivity contribution in [2.45, 2.75) is 65.3 Å². The average Bonchev–Trinajstić information content (AvgIpc) is 2.39. The van der Waals surface area contributed by atoms with Gasteiger partial charge in [-0.2, -0.15) is 0 Å². The number of carbonyl (C=O) groups excluding carboxylic acids is 1. The van der Waals surface area contributed by atoms with Gasteiger partial charge in [0.05, 0.1) is 0 Å². The van der Waals surface area contributed by atoms with Gasteiger partial charge >= 0.3 is 6.09 Å². The second kappa shape index (κ2) is 7.14. The third kappa shape index (κ3) is 5.68. The number of hydrogen-bond acceptors (Lipinski definition) is 3. The first kappa shape index (κ1) is 16.8. The first-order valence-electron chi connectivity index (χ1n) is 8.10. The standard InChI is InChI=1S/C18H28N2O2/c1-13-9-16(10-13)19-11-14-5-7-15(8-6-14)12-20-17(21)22-18(2,3)4/h5-8,13,16,19H,9-12H2,1-4H3,(H,20,21). The van der Waals surface area contributed by atoms with Crippen molar-refractivity contribution < 1.29 is 9.53 Å². The molecule has 0 aliphatic heterocycles. The number of ether oxygens (including phenoxy) is 1. The largest absolute Gasteiger partial charge is 0.444 e. The Labute approximate surface area is 133 Å². The summed E-state index contributed by atoms with van der Waals surface area (Å²) in [5, 5.41) is 6.34. The number of carbonyl (C=O) groups is 1. The van der Waals surface area contributed by atoms with Crippen molar-refractivity contribution in [1.82, 2.24) is 10.6 Å². The molecule has 0 spiro atoms. The van der Waals surface area contributed by atoms with Crippen LogP contribution in [-0.2, 0) is 17.8 Å². The molecule has 0 heterocycles. The maximum absolute atomic E-state index is 11.6. The lowest BCUT2D eigenvalue weighted by Crippen LogP contribution is -2.39. The molecule has 0 aromatic heterocycles. The Morgan fingerprint density at radius 1 is 1.14 bits per heavy atom. The highest BCUT2D eigenvalue weighted by molar-refractivity contribution is 5.67. The molecule has 1 aromatic carbocycles. The summed E-state index contributed by atoms with van der Waals surface area (Å²) in [7, 11) is 0. The molecule has 1 saturated carbocycles. The molecule has 1 aromatic rings. The maximum Gasteiger partial charge on any atom is 0.407 e. The molecule has 0 radical (unpaired) electrons. The normalized spacial score (nSPS) is 21.1. The van der Waals surface area contributed by atoms with Gasteiger partial charge in [0.1, 0.15) is 5.60 Å². The van der Waals surface area contributed by atoms with Crippen LogP contribution in [0.5, 0.6) is 0 Å². The molecule has 1 aliphatic carbocycles. The molecule has 0 bridgehead atoms. The zero-order valence-electron chi connectivity index (χ0n) is 14.1. The number of rotatable bonds is 5. The predicted octanol–water partition coefficient (Wildman–Crippen LogP) is 3.60. The molecule has 4 heteroatoms. The van der Waals surface area contributed by atoms with Crippen LogP contribution in [0.4, 0.5) is 4.79 Å². The van der Waals surface area contributed by atoms with E-state index in [4.69, 9.17) is 4.74 Å². The van der Waals surface area contributed by atoms with Crippen LogP contribution in [0.1, 0.15) is 51.7 Å². The van der Waals surface area contributed by atoms with E-state index in [0.29, 0.717) is 12.6 Å². The van der Waals surface area contributed by atoms with Crippen LogP contribution in [0.25, 0.3) is 0 Å². The topological polar surface area (TPSA) is 50.4 Å². The Bertz CT molecular complexity index is 485. The summed E-state index contributed by atoms with van der Waals surface area (Å²) in [5.41, 5.74) is 1.89. The summed E-state index contributed by atoms with van der Waals surface area (Å²) < 4.78 is 5.22. The Balaban J connectivity index is 1.71. The van der Waals surface area contributed by atoms with E-state index in [0.717, 1.165) is 18.0 Å². The van der Waals surface area contributed by atoms with Gasteiger partial charge in [0.15, 0.2) is 0 Å². The summed E-state index contributed by atoms with van der Waals surface area (Å²) in [5.74, 6) is 0.874. The minimum atomic E-state index is -0.460. The molecule has 1 aliphatic rings. The van der Waals surface area contributed by atoms with Gasteiger partial charge in [-0.3, -0.25) is 0 Å². The quantitative estimate of drug-likeness (QED) is 0.874.